The predicted octanol–water partition coefficient (Wildman–Crippen LogP) is 10.6. The molecule has 1 atom stereocenters. The standard InChI is InChI=1S/C45H26N4O/c1-2-13-27(14-3-1)43-46-47-44(50-43)49-39-23-10-6-17-30(39)33-25-37-32(26-41(33)49)28-15-4-7-19-34(28)45(37)35-20-8-11-24-40(35)48-38-22-9-5-16-29(38)31-18-12-21-36(45)42(31)48/h1-26H. The zero-order chi connectivity index (χ0) is 32.6. The lowest BCUT2D eigenvalue weighted by atomic mass is 9.65. The summed E-state index contributed by atoms with van der Waals surface area (Å²) < 4.78 is 11.0. The topological polar surface area (TPSA) is 48.8 Å². The number of nitrogens with zero attached hydrogens (tertiary/aromatic N) is 4. The highest BCUT2D eigenvalue weighted by atomic mass is 16.4. The number of fused-ring (bicyclic) bond motifs is 15. The molecule has 1 aliphatic heterocycles. The summed E-state index contributed by atoms with van der Waals surface area (Å²) in [6.07, 6.45) is 0. The SMILES string of the molecule is c1ccc(-c2nnc(-n3c4ccccc4c4cc5c(cc43)-c3ccccc3C53c4ccccc4-n4c5ccccc5c5cccc3c54)o2)cc1. The first-order valence-electron chi connectivity index (χ1n) is 17.0. The van der Waals surface area contributed by atoms with Crippen molar-refractivity contribution in [1.82, 2.24) is 19.3 Å². The Morgan fingerprint density at radius 2 is 1.10 bits per heavy atom. The Morgan fingerprint density at radius 3 is 1.96 bits per heavy atom. The van der Waals surface area contributed by atoms with Crippen molar-refractivity contribution in [3.05, 3.63) is 180 Å². The third-order valence-electron chi connectivity index (χ3n) is 11.1. The van der Waals surface area contributed by atoms with Gasteiger partial charge in [-0.3, -0.25) is 4.57 Å². The van der Waals surface area contributed by atoms with Gasteiger partial charge in [0.1, 0.15) is 0 Å². The number of hydrogen-bond donors (Lipinski definition) is 0. The first-order chi connectivity index (χ1) is 24.8. The Kier molecular flexibility index (Phi) is 4.86. The van der Waals surface area contributed by atoms with Gasteiger partial charge in [0.15, 0.2) is 0 Å². The minimum atomic E-state index is -0.519. The molecule has 1 aliphatic carbocycles. The van der Waals surface area contributed by atoms with Crippen LogP contribution in [-0.2, 0) is 5.41 Å². The zero-order valence-corrected chi connectivity index (χ0v) is 26.7. The van der Waals surface area contributed by atoms with Crippen LogP contribution in [0.1, 0.15) is 22.3 Å². The zero-order valence-electron chi connectivity index (χ0n) is 26.7. The van der Waals surface area contributed by atoms with Gasteiger partial charge in [0.05, 0.1) is 33.2 Å². The molecule has 0 saturated heterocycles. The number of aromatic nitrogens is 4. The van der Waals surface area contributed by atoms with Gasteiger partial charge in [-0.1, -0.05) is 120 Å². The third kappa shape index (κ3) is 3.05. The molecule has 3 aromatic heterocycles. The quantitative estimate of drug-likeness (QED) is 0.189. The smallest absolute Gasteiger partial charge is 0.327 e. The molecule has 4 heterocycles. The lowest BCUT2D eigenvalue weighted by molar-refractivity contribution is 0.546. The van der Waals surface area contributed by atoms with Crippen molar-refractivity contribution in [2.75, 3.05) is 0 Å². The Hall–Kier alpha value is -6.72. The molecule has 0 fully saturated rings. The molecule has 0 radical (unpaired) electrons. The first kappa shape index (κ1) is 26.3. The van der Waals surface area contributed by atoms with E-state index in [2.05, 4.69) is 147 Å². The van der Waals surface area contributed by atoms with Gasteiger partial charge in [-0.15, -0.1) is 5.10 Å². The van der Waals surface area contributed by atoms with Crippen molar-refractivity contribution < 1.29 is 4.42 Å². The molecule has 50 heavy (non-hydrogen) atoms. The first-order valence-corrected chi connectivity index (χ1v) is 17.0. The van der Waals surface area contributed by atoms with Crippen LogP contribution >= 0.6 is 0 Å². The predicted molar refractivity (Wildman–Crippen MR) is 199 cm³/mol. The summed E-state index contributed by atoms with van der Waals surface area (Å²) in [5.41, 5.74) is 13.8. The summed E-state index contributed by atoms with van der Waals surface area (Å²) in [6, 6.07) is 57.4. The van der Waals surface area contributed by atoms with Crippen LogP contribution in [0.15, 0.2) is 162 Å². The van der Waals surface area contributed by atoms with E-state index in [1.165, 1.54) is 60.9 Å². The van der Waals surface area contributed by atoms with Gasteiger partial charge < -0.3 is 8.98 Å². The van der Waals surface area contributed by atoms with Gasteiger partial charge in [-0.05, 0) is 75.8 Å². The molecule has 1 unspecified atom stereocenters. The molecule has 0 saturated carbocycles. The van der Waals surface area contributed by atoms with E-state index >= 15 is 0 Å². The summed E-state index contributed by atoms with van der Waals surface area (Å²) in [4.78, 5) is 0. The fourth-order valence-corrected chi connectivity index (χ4v) is 9.23. The van der Waals surface area contributed by atoms with E-state index in [9.17, 15) is 0 Å². The van der Waals surface area contributed by atoms with Crippen LogP contribution in [0, 0.1) is 0 Å². The van der Waals surface area contributed by atoms with Crippen molar-refractivity contribution >= 4 is 43.6 Å². The molecule has 5 heteroatoms. The van der Waals surface area contributed by atoms with Crippen LogP contribution in [0.2, 0.25) is 0 Å². The van der Waals surface area contributed by atoms with Crippen LogP contribution < -0.4 is 0 Å². The van der Waals surface area contributed by atoms with Gasteiger partial charge in [0.2, 0.25) is 5.89 Å². The highest BCUT2D eigenvalue weighted by Crippen LogP contribution is 2.61. The summed E-state index contributed by atoms with van der Waals surface area (Å²) >= 11 is 0. The second-order valence-electron chi connectivity index (χ2n) is 13.4. The maximum atomic E-state index is 6.42. The molecule has 232 valence electrons. The van der Waals surface area contributed by atoms with Gasteiger partial charge in [0.25, 0.3) is 0 Å². The summed E-state index contributed by atoms with van der Waals surface area (Å²) in [5, 5.41) is 13.9. The minimum Gasteiger partial charge on any atom is -0.403 e. The maximum absolute atomic E-state index is 6.42. The lowest BCUT2D eigenvalue weighted by Crippen LogP contribution is -2.33. The van der Waals surface area contributed by atoms with E-state index in [0.29, 0.717) is 11.9 Å². The summed E-state index contributed by atoms with van der Waals surface area (Å²) in [7, 11) is 0. The van der Waals surface area contributed by atoms with Crippen LogP contribution in [0.5, 0.6) is 0 Å². The molecular formula is C45H26N4O. The van der Waals surface area contributed by atoms with E-state index in [-0.39, 0.29) is 0 Å². The number of hydrogen-bond acceptors (Lipinski definition) is 3. The van der Waals surface area contributed by atoms with Crippen molar-refractivity contribution in [3.63, 3.8) is 0 Å². The molecule has 0 amide bonds. The second kappa shape index (κ2) is 9.24. The molecule has 10 aromatic rings. The minimum absolute atomic E-state index is 0.452. The Morgan fingerprint density at radius 1 is 0.440 bits per heavy atom. The van der Waals surface area contributed by atoms with Crippen LogP contribution in [0.25, 0.3) is 77.9 Å². The molecular weight excluding hydrogens is 613 g/mol. The fraction of sp³-hybridized carbons (Fsp3) is 0.0222. The normalized spacial score (nSPS) is 15.7. The third-order valence-corrected chi connectivity index (χ3v) is 11.1. The second-order valence-corrected chi connectivity index (χ2v) is 13.4. The van der Waals surface area contributed by atoms with E-state index in [1.54, 1.807) is 0 Å². The van der Waals surface area contributed by atoms with Crippen LogP contribution in [-0.4, -0.2) is 19.3 Å². The van der Waals surface area contributed by atoms with E-state index in [4.69, 9.17) is 4.42 Å². The monoisotopic (exact) mass is 638 g/mol. The van der Waals surface area contributed by atoms with Crippen molar-refractivity contribution in [3.8, 4) is 34.3 Å². The average molecular weight is 639 g/mol. The molecule has 0 N–H and O–H groups in total. The summed E-state index contributed by atoms with van der Waals surface area (Å²) in [6.45, 7) is 0. The Labute approximate surface area is 286 Å². The largest absolute Gasteiger partial charge is 0.403 e. The van der Waals surface area contributed by atoms with Gasteiger partial charge in [-0.25, -0.2) is 0 Å². The maximum Gasteiger partial charge on any atom is 0.327 e. The van der Waals surface area contributed by atoms with Crippen molar-refractivity contribution in [2.24, 2.45) is 0 Å². The molecule has 2 aliphatic rings. The van der Waals surface area contributed by atoms with E-state index in [1.807, 2.05) is 30.3 Å². The number of para-hydroxylation sites is 4. The van der Waals surface area contributed by atoms with Crippen molar-refractivity contribution in [1.29, 1.82) is 0 Å². The lowest BCUT2D eigenvalue weighted by Gasteiger charge is -2.39. The van der Waals surface area contributed by atoms with E-state index in [0.717, 1.165) is 27.4 Å². The highest BCUT2D eigenvalue weighted by molar-refractivity contribution is 6.15. The van der Waals surface area contributed by atoms with Crippen LogP contribution in [0.4, 0.5) is 0 Å². The van der Waals surface area contributed by atoms with Crippen LogP contribution in [0.3, 0.4) is 0 Å². The average Bonchev–Trinajstić information content (AvgIpc) is 3.94. The van der Waals surface area contributed by atoms with E-state index < -0.39 is 5.41 Å². The highest BCUT2D eigenvalue weighted by Gasteiger charge is 2.51. The van der Waals surface area contributed by atoms with Gasteiger partial charge >= 0.3 is 6.01 Å². The molecule has 7 aromatic carbocycles. The Bertz CT molecular complexity index is 3050. The van der Waals surface area contributed by atoms with Gasteiger partial charge in [0, 0.05) is 27.1 Å². The van der Waals surface area contributed by atoms with Crippen molar-refractivity contribution in [2.45, 2.75) is 5.41 Å². The molecule has 0 bridgehead atoms. The molecule has 5 nitrogen and oxygen atoms in total. The summed E-state index contributed by atoms with van der Waals surface area (Å²) in [5.74, 6) is 0.499. The molecule has 12 rings (SSSR count). The Balaban J connectivity index is 1.23. The molecule has 1 spiro atoms. The fourth-order valence-electron chi connectivity index (χ4n) is 9.23. The number of benzene rings is 7. The number of rotatable bonds is 2. The van der Waals surface area contributed by atoms with Gasteiger partial charge in [-0.2, -0.15) is 0 Å².